The van der Waals surface area contributed by atoms with Crippen LogP contribution >= 0.6 is 0 Å². The van der Waals surface area contributed by atoms with Crippen molar-refractivity contribution in [1.82, 2.24) is 5.32 Å². The molecule has 3 amide bonds. The molecule has 0 heterocycles. The van der Waals surface area contributed by atoms with E-state index >= 15 is 0 Å². The molecular weight excluding hydrogens is 396 g/mol. The molecule has 0 radical (unpaired) electrons. The molecule has 0 aromatic heterocycles. The number of carbonyl (C=O) groups excluding carboxylic acids is 3. The first-order valence-electron chi connectivity index (χ1n) is 10.2. The molecule has 0 unspecified atom stereocenters. The van der Waals surface area contributed by atoms with E-state index in [1.807, 2.05) is 13.8 Å². The fourth-order valence-corrected chi connectivity index (χ4v) is 2.60. The largest absolute Gasteiger partial charge is 0.385 e. The number of carbonyl (C=O) groups is 3. The lowest BCUT2D eigenvalue weighted by molar-refractivity contribution is -0.119. The van der Waals surface area contributed by atoms with E-state index in [0.717, 1.165) is 12.1 Å². The number of amides is 3. The number of benzene rings is 2. The van der Waals surface area contributed by atoms with E-state index in [0.29, 0.717) is 30.1 Å². The second-order valence-corrected chi connectivity index (χ2v) is 7.31. The van der Waals surface area contributed by atoms with E-state index < -0.39 is 0 Å². The van der Waals surface area contributed by atoms with Crippen LogP contribution < -0.4 is 21.3 Å². The molecule has 0 saturated heterocycles. The summed E-state index contributed by atoms with van der Waals surface area (Å²) in [6, 6.07) is 13.9. The van der Waals surface area contributed by atoms with Crippen LogP contribution in [0.2, 0.25) is 0 Å². The molecule has 0 aliphatic heterocycles. The number of ether oxygens (including phenoxy) is 1. The van der Waals surface area contributed by atoms with Gasteiger partial charge in [-0.2, -0.15) is 0 Å². The Bertz CT molecular complexity index is 881. The van der Waals surface area contributed by atoms with Crippen molar-refractivity contribution >= 4 is 34.8 Å². The molecule has 0 saturated carbocycles. The summed E-state index contributed by atoms with van der Waals surface area (Å²) in [5, 5.41) is 11.4. The van der Waals surface area contributed by atoms with Gasteiger partial charge in [-0.1, -0.05) is 19.9 Å². The van der Waals surface area contributed by atoms with Crippen LogP contribution in [-0.4, -0.2) is 44.5 Å². The number of rotatable bonds is 11. The summed E-state index contributed by atoms with van der Waals surface area (Å²) in [5.41, 5.74) is 2.47. The number of methoxy groups -OCH3 is 1. The number of nitrogens with one attached hydrogen (secondary N) is 4. The van der Waals surface area contributed by atoms with Crippen molar-refractivity contribution in [2.24, 2.45) is 5.92 Å². The fourth-order valence-electron chi connectivity index (χ4n) is 2.60. The Morgan fingerprint density at radius 3 is 2.32 bits per heavy atom. The van der Waals surface area contributed by atoms with Gasteiger partial charge in [0.15, 0.2) is 0 Å². The zero-order valence-corrected chi connectivity index (χ0v) is 18.2. The predicted octanol–water partition coefficient (Wildman–Crippen LogP) is 3.10. The number of hydrogen-bond donors (Lipinski definition) is 4. The van der Waals surface area contributed by atoms with Gasteiger partial charge in [0.2, 0.25) is 11.8 Å². The Morgan fingerprint density at radius 2 is 1.65 bits per heavy atom. The maximum atomic E-state index is 12.3. The van der Waals surface area contributed by atoms with Crippen molar-refractivity contribution in [2.45, 2.75) is 20.3 Å². The molecule has 2 aromatic carbocycles. The first-order chi connectivity index (χ1) is 14.9. The van der Waals surface area contributed by atoms with Crippen molar-refractivity contribution in [3.8, 4) is 0 Å². The zero-order valence-electron chi connectivity index (χ0n) is 18.2. The second-order valence-electron chi connectivity index (χ2n) is 7.31. The minimum atomic E-state index is -0.241. The Morgan fingerprint density at radius 1 is 0.935 bits per heavy atom. The maximum absolute atomic E-state index is 12.3. The Balaban J connectivity index is 1.82. The van der Waals surface area contributed by atoms with Gasteiger partial charge in [-0.25, -0.2) is 0 Å². The molecular formula is C23H30N4O4. The van der Waals surface area contributed by atoms with E-state index in [9.17, 15) is 14.4 Å². The first-order valence-corrected chi connectivity index (χ1v) is 10.2. The SMILES string of the molecule is COCCCNC(=O)c1cccc(NC(=O)CNc2ccc(NC(=O)C(C)C)cc2)c1. The summed E-state index contributed by atoms with van der Waals surface area (Å²) in [6.45, 7) is 4.82. The van der Waals surface area contributed by atoms with Crippen LogP contribution in [0.3, 0.4) is 0 Å². The highest BCUT2D eigenvalue weighted by molar-refractivity contribution is 5.98. The molecule has 0 fully saturated rings. The molecule has 2 aromatic rings. The standard InChI is InChI=1S/C23H30N4O4/c1-16(2)22(29)27-19-10-8-18(9-11-19)25-15-21(28)26-20-7-4-6-17(14-20)23(30)24-12-5-13-31-3/h4,6-11,14,16,25H,5,12-13,15H2,1-3H3,(H,24,30)(H,26,28)(H,27,29). The lowest BCUT2D eigenvalue weighted by Gasteiger charge is -2.11. The van der Waals surface area contributed by atoms with E-state index in [1.54, 1.807) is 55.6 Å². The molecule has 8 heteroatoms. The van der Waals surface area contributed by atoms with Crippen LogP contribution in [0.15, 0.2) is 48.5 Å². The summed E-state index contributed by atoms with van der Waals surface area (Å²) in [5.74, 6) is -0.586. The van der Waals surface area contributed by atoms with E-state index in [1.165, 1.54) is 0 Å². The highest BCUT2D eigenvalue weighted by atomic mass is 16.5. The smallest absolute Gasteiger partial charge is 0.251 e. The van der Waals surface area contributed by atoms with Crippen LogP contribution in [0.25, 0.3) is 0 Å². The predicted molar refractivity (Wildman–Crippen MR) is 122 cm³/mol. The molecule has 0 aliphatic carbocycles. The van der Waals surface area contributed by atoms with Gasteiger partial charge in [0.1, 0.15) is 0 Å². The van der Waals surface area contributed by atoms with Gasteiger partial charge in [0.25, 0.3) is 5.91 Å². The lowest BCUT2D eigenvalue weighted by atomic mass is 10.2. The van der Waals surface area contributed by atoms with Crippen molar-refractivity contribution < 1.29 is 19.1 Å². The van der Waals surface area contributed by atoms with Crippen LogP contribution in [0.5, 0.6) is 0 Å². The highest BCUT2D eigenvalue weighted by Gasteiger charge is 2.09. The summed E-state index contributed by atoms with van der Waals surface area (Å²) in [4.78, 5) is 36.2. The van der Waals surface area contributed by atoms with Gasteiger partial charge < -0.3 is 26.0 Å². The molecule has 166 valence electrons. The van der Waals surface area contributed by atoms with Gasteiger partial charge in [-0.05, 0) is 48.9 Å². The van der Waals surface area contributed by atoms with E-state index in [2.05, 4.69) is 21.3 Å². The minimum Gasteiger partial charge on any atom is -0.385 e. The van der Waals surface area contributed by atoms with E-state index in [4.69, 9.17) is 4.74 Å². The van der Waals surface area contributed by atoms with Crippen molar-refractivity contribution in [3.63, 3.8) is 0 Å². The van der Waals surface area contributed by atoms with Gasteiger partial charge in [-0.3, -0.25) is 14.4 Å². The fraction of sp³-hybridized carbons (Fsp3) is 0.348. The average molecular weight is 427 g/mol. The third-order valence-electron chi connectivity index (χ3n) is 4.35. The average Bonchev–Trinajstić information content (AvgIpc) is 2.76. The highest BCUT2D eigenvalue weighted by Crippen LogP contribution is 2.15. The molecule has 8 nitrogen and oxygen atoms in total. The van der Waals surface area contributed by atoms with Crippen molar-refractivity contribution in [1.29, 1.82) is 0 Å². The molecule has 0 bridgehead atoms. The van der Waals surface area contributed by atoms with Crippen molar-refractivity contribution in [3.05, 3.63) is 54.1 Å². The summed E-state index contributed by atoms with van der Waals surface area (Å²) < 4.78 is 4.96. The van der Waals surface area contributed by atoms with E-state index in [-0.39, 0.29) is 30.2 Å². The van der Waals surface area contributed by atoms with Crippen LogP contribution in [0.1, 0.15) is 30.6 Å². The van der Waals surface area contributed by atoms with Gasteiger partial charge in [-0.15, -0.1) is 0 Å². The number of anilines is 3. The van der Waals surface area contributed by atoms with Gasteiger partial charge in [0.05, 0.1) is 6.54 Å². The normalized spacial score (nSPS) is 10.5. The minimum absolute atomic E-state index is 0.0500. The van der Waals surface area contributed by atoms with Crippen LogP contribution in [0.4, 0.5) is 17.1 Å². The first kappa shape index (κ1) is 23.9. The lowest BCUT2D eigenvalue weighted by Crippen LogP contribution is -2.25. The second kappa shape index (κ2) is 12.3. The van der Waals surface area contributed by atoms with Gasteiger partial charge in [0, 0.05) is 48.8 Å². The summed E-state index contributed by atoms with van der Waals surface area (Å²) in [6.07, 6.45) is 0.732. The molecule has 4 N–H and O–H groups in total. The molecule has 31 heavy (non-hydrogen) atoms. The Hall–Kier alpha value is -3.39. The van der Waals surface area contributed by atoms with Crippen LogP contribution in [0, 0.1) is 5.92 Å². The van der Waals surface area contributed by atoms with Gasteiger partial charge >= 0.3 is 0 Å². The molecule has 0 aliphatic rings. The Labute approximate surface area is 182 Å². The summed E-state index contributed by atoms with van der Waals surface area (Å²) >= 11 is 0. The molecule has 2 rings (SSSR count). The molecule has 0 atom stereocenters. The monoisotopic (exact) mass is 426 g/mol. The zero-order chi connectivity index (χ0) is 22.6. The Kier molecular flexibility index (Phi) is 9.51. The topological polar surface area (TPSA) is 109 Å². The van der Waals surface area contributed by atoms with Crippen LogP contribution in [-0.2, 0) is 14.3 Å². The summed E-state index contributed by atoms with van der Waals surface area (Å²) in [7, 11) is 1.62. The third kappa shape index (κ3) is 8.47. The quantitative estimate of drug-likeness (QED) is 0.413. The third-order valence-corrected chi connectivity index (χ3v) is 4.35. The van der Waals surface area contributed by atoms with Crippen molar-refractivity contribution in [2.75, 3.05) is 42.8 Å². The maximum Gasteiger partial charge on any atom is 0.251 e. The molecule has 0 spiro atoms. The number of hydrogen-bond acceptors (Lipinski definition) is 5.